The molecule has 1 atom stereocenters. The predicted octanol–water partition coefficient (Wildman–Crippen LogP) is 4.60. The zero-order chi connectivity index (χ0) is 27.2. The molecule has 4 heterocycles. The van der Waals surface area contributed by atoms with Crippen molar-refractivity contribution in [2.45, 2.75) is 65.8 Å². The first kappa shape index (κ1) is 25.9. The van der Waals surface area contributed by atoms with Gasteiger partial charge in [0.05, 0.1) is 23.5 Å². The van der Waals surface area contributed by atoms with Crippen molar-refractivity contribution in [2.24, 2.45) is 13.0 Å². The molecule has 0 radical (unpaired) electrons. The van der Waals surface area contributed by atoms with Crippen LogP contribution in [0.5, 0.6) is 5.75 Å². The van der Waals surface area contributed by atoms with Gasteiger partial charge in [-0.25, -0.2) is 14.8 Å². The fraction of sp³-hybridized carbons (Fsp3) is 0.448. The zero-order valence-corrected chi connectivity index (χ0v) is 23.0. The summed E-state index contributed by atoms with van der Waals surface area (Å²) < 4.78 is 7.89. The molecule has 1 fully saturated rings. The zero-order valence-electron chi connectivity index (χ0n) is 23.0. The average Bonchev–Trinajstić information content (AvgIpc) is 3.36. The largest absolute Gasteiger partial charge is 0.490 e. The summed E-state index contributed by atoms with van der Waals surface area (Å²) in [6.07, 6.45) is 2.09. The molecule has 2 aromatic heterocycles. The van der Waals surface area contributed by atoms with Gasteiger partial charge in [-0.3, -0.25) is 19.9 Å². The predicted molar refractivity (Wildman–Crippen MR) is 146 cm³/mol. The maximum atomic E-state index is 12.3. The second kappa shape index (κ2) is 9.87. The summed E-state index contributed by atoms with van der Waals surface area (Å²) in [5, 5.41) is 2.37. The number of imide groups is 1. The number of carbonyl (C=O) groups is 2. The monoisotopic (exact) mass is 516 g/mol. The summed E-state index contributed by atoms with van der Waals surface area (Å²) in [5.74, 6) is 2.40. The van der Waals surface area contributed by atoms with Gasteiger partial charge in [0, 0.05) is 33.1 Å². The number of nitrogens with one attached hydrogen (secondary N) is 1. The highest BCUT2D eigenvalue weighted by Crippen LogP contribution is 2.40. The molecule has 1 saturated heterocycles. The molecule has 3 amide bonds. The first-order valence-electron chi connectivity index (χ1n) is 13.2. The Hall–Kier alpha value is -3.72. The van der Waals surface area contributed by atoms with Crippen molar-refractivity contribution in [3.8, 4) is 17.3 Å². The Labute approximate surface area is 223 Å². The fourth-order valence-electron chi connectivity index (χ4n) is 4.99. The number of hydrogen-bond donors (Lipinski definition) is 1. The smallest absolute Gasteiger partial charge is 0.329 e. The molecule has 1 aromatic carbocycles. The SMILES string of the molecule is CC(C)[C@@H](C)Oc1ccc(CN2Cc3ccc(-c4ncc(N5CCC(=O)NC5=O)n4C)nc3C2(C)C)cc1. The van der Waals surface area contributed by atoms with E-state index >= 15 is 0 Å². The molecule has 5 rings (SSSR count). The number of carbonyl (C=O) groups excluding carboxylic acids is 2. The maximum Gasteiger partial charge on any atom is 0.329 e. The van der Waals surface area contributed by atoms with E-state index in [1.807, 2.05) is 17.7 Å². The van der Waals surface area contributed by atoms with E-state index in [4.69, 9.17) is 9.72 Å². The molecule has 2 aliphatic heterocycles. The Kier molecular flexibility index (Phi) is 6.73. The quantitative estimate of drug-likeness (QED) is 0.493. The molecule has 38 heavy (non-hydrogen) atoms. The number of amides is 3. The van der Waals surface area contributed by atoms with E-state index in [1.54, 1.807) is 6.20 Å². The molecule has 9 nitrogen and oxygen atoms in total. The molecule has 0 saturated carbocycles. The Morgan fingerprint density at radius 3 is 2.50 bits per heavy atom. The number of imidazole rings is 1. The van der Waals surface area contributed by atoms with Gasteiger partial charge >= 0.3 is 6.03 Å². The van der Waals surface area contributed by atoms with Crippen LogP contribution >= 0.6 is 0 Å². The van der Waals surface area contributed by atoms with Gasteiger partial charge in [-0.05, 0) is 56.0 Å². The lowest BCUT2D eigenvalue weighted by Crippen LogP contribution is -2.50. The number of anilines is 1. The molecule has 9 heteroatoms. The van der Waals surface area contributed by atoms with Gasteiger partial charge in [0.25, 0.3) is 0 Å². The van der Waals surface area contributed by atoms with Crippen molar-refractivity contribution < 1.29 is 14.3 Å². The van der Waals surface area contributed by atoms with Crippen LogP contribution in [0.2, 0.25) is 0 Å². The summed E-state index contributed by atoms with van der Waals surface area (Å²) in [4.78, 5) is 37.5. The summed E-state index contributed by atoms with van der Waals surface area (Å²) in [5.41, 5.74) is 3.94. The highest BCUT2D eigenvalue weighted by Gasteiger charge is 2.39. The molecule has 3 aromatic rings. The second-order valence-electron chi connectivity index (χ2n) is 11.1. The standard InChI is InChI=1S/C29H36N6O3/c1-18(2)19(3)38-22-10-7-20(8-11-22)16-34-17-21-9-12-23(31-26(21)29(34,4)5)27-30-15-25(33(27)6)35-14-13-24(36)32-28(35)37/h7-12,15,18-19H,13-14,16-17H2,1-6H3,(H,32,36,37)/t19-/m1/s1. The molecular weight excluding hydrogens is 480 g/mol. The number of ether oxygens (including phenoxy) is 1. The summed E-state index contributed by atoms with van der Waals surface area (Å²) in [7, 11) is 1.86. The number of urea groups is 1. The van der Waals surface area contributed by atoms with Crippen LogP contribution in [0.25, 0.3) is 11.5 Å². The lowest BCUT2D eigenvalue weighted by Gasteiger charge is -2.31. The van der Waals surface area contributed by atoms with E-state index in [2.05, 4.69) is 80.2 Å². The van der Waals surface area contributed by atoms with Crippen LogP contribution < -0.4 is 15.0 Å². The van der Waals surface area contributed by atoms with Gasteiger partial charge in [-0.15, -0.1) is 0 Å². The van der Waals surface area contributed by atoms with E-state index in [1.165, 1.54) is 16.0 Å². The second-order valence-corrected chi connectivity index (χ2v) is 11.1. The van der Waals surface area contributed by atoms with Crippen LogP contribution in [-0.4, -0.2) is 44.0 Å². The Morgan fingerprint density at radius 1 is 1.08 bits per heavy atom. The van der Waals surface area contributed by atoms with Crippen LogP contribution in [0.4, 0.5) is 10.6 Å². The highest BCUT2D eigenvalue weighted by atomic mass is 16.5. The first-order chi connectivity index (χ1) is 18.0. The number of fused-ring (bicyclic) bond motifs is 1. The van der Waals surface area contributed by atoms with Gasteiger partial charge in [0.2, 0.25) is 5.91 Å². The van der Waals surface area contributed by atoms with E-state index in [-0.39, 0.29) is 24.0 Å². The lowest BCUT2D eigenvalue weighted by molar-refractivity contribution is -0.120. The molecule has 0 unspecified atom stereocenters. The van der Waals surface area contributed by atoms with E-state index in [0.717, 1.165) is 30.2 Å². The molecule has 200 valence electrons. The Morgan fingerprint density at radius 2 is 1.82 bits per heavy atom. The number of benzene rings is 1. The van der Waals surface area contributed by atoms with E-state index in [9.17, 15) is 9.59 Å². The van der Waals surface area contributed by atoms with E-state index < -0.39 is 6.03 Å². The number of aromatic nitrogens is 3. The van der Waals surface area contributed by atoms with Crippen LogP contribution in [0, 0.1) is 5.92 Å². The van der Waals surface area contributed by atoms with Crippen LogP contribution in [0.3, 0.4) is 0 Å². The third kappa shape index (κ3) is 4.78. The van der Waals surface area contributed by atoms with Crippen molar-refractivity contribution in [1.82, 2.24) is 24.8 Å². The number of nitrogens with zero attached hydrogens (tertiary/aromatic N) is 5. The van der Waals surface area contributed by atoms with Crippen LogP contribution in [0.1, 0.15) is 57.9 Å². The third-order valence-electron chi connectivity index (χ3n) is 7.79. The minimum Gasteiger partial charge on any atom is -0.490 e. The molecule has 1 N–H and O–H groups in total. The summed E-state index contributed by atoms with van der Waals surface area (Å²) >= 11 is 0. The van der Waals surface area contributed by atoms with Crippen LogP contribution in [0.15, 0.2) is 42.6 Å². The minimum atomic E-state index is -0.427. The first-order valence-corrected chi connectivity index (χ1v) is 13.2. The van der Waals surface area contributed by atoms with Gasteiger partial charge < -0.3 is 9.30 Å². The number of rotatable bonds is 7. The van der Waals surface area contributed by atoms with Crippen LogP contribution in [-0.2, 0) is 30.5 Å². The van der Waals surface area contributed by atoms with Crippen molar-refractivity contribution in [3.05, 3.63) is 59.4 Å². The van der Waals surface area contributed by atoms with Crippen molar-refractivity contribution in [2.75, 3.05) is 11.4 Å². The van der Waals surface area contributed by atoms with Crippen molar-refractivity contribution >= 4 is 17.8 Å². The maximum absolute atomic E-state index is 12.3. The molecular formula is C29H36N6O3. The number of pyridine rings is 1. The number of hydrogen-bond acceptors (Lipinski definition) is 6. The summed E-state index contributed by atoms with van der Waals surface area (Å²) in [6.45, 7) is 12.8. The average molecular weight is 517 g/mol. The molecule has 0 spiro atoms. The van der Waals surface area contributed by atoms with E-state index in [0.29, 0.717) is 24.1 Å². The van der Waals surface area contributed by atoms with Gasteiger partial charge in [0.1, 0.15) is 17.3 Å². The Bertz CT molecular complexity index is 1360. The van der Waals surface area contributed by atoms with Crippen molar-refractivity contribution in [3.63, 3.8) is 0 Å². The summed E-state index contributed by atoms with van der Waals surface area (Å²) in [6, 6.07) is 12.1. The fourth-order valence-corrected chi connectivity index (χ4v) is 4.99. The van der Waals surface area contributed by atoms with Gasteiger partial charge in [-0.2, -0.15) is 0 Å². The minimum absolute atomic E-state index is 0.171. The Balaban J connectivity index is 1.33. The molecule has 0 aliphatic carbocycles. The van der Waals surface area contributed by atoms with Gasteiger partial charge in [-0.1, -0.05) is 32.0 Å². The molecule has 0 bridgehead atoms. The van der Waals surface area contributed by atoms with Crippen molar-refractivity contribution in [1.29, 1.82) is 0 Å². The highest BCUT2D eigenvalue weighted by molar-refractivity contribution is 6.05. The lowest BCUT2D eigenvalue weighted by atomic mass is 9.98. The topological polar surface area (TPSA) is 92.6 Å². The normalized spacial score (nSPS) is 18.0. The third-order valence-corrected chi connectivity index (χ3v) is 7.79. The van der Waals surface area contributed by atoms with Gasteiger partial charge in [0.15, 0.2) is 5.82 Å². The molecule has 2 aliphatic rings.